The maximum atomic E-state index is 2.36. The van der Waals surface area contributed by atoms with Crippen molar-refractivity contribution >= 4 is 11.8 Å². The molecule has 0 fully saturated rings. The van der Waals surface area contributed by atoms with Crippen molar-refractivity contribution in [1.29, 1.82) is 0 Å². The summed E-state index contributed by atoms with van der Waals surface area (Å²) in [5, 5.41) is 2.25. The zero-order valence-corrected chi connectivity index (χ0v) is 7.87. The number of hydrogen-bond acceptors (Lipinski definition) is 1. The first-order valence-corrected chi connectivity index (χ1v) is 4.94. The number of rotatable bonds is 0. The molecule has 1 heteroatoms. The smallest absolute Gasteiger partial charge is 0.00203 e. The Kier molecular flexibility index (Phi) is 2.45. The van der Waals surface area contributed by atoms with E-state index in [2.05, 4.69) is 32.3 Å². The number of allylic oxidation sites excluding steroid dienone is 1. The molecule has 0 saturated carbocycles. The molecule has 1 aliphatic heterocycles. The van der Waals surface area contributed by atoms with Crippen LogP contribution in [0.2, 0.25) is 0 Å². The van der Waals surface area contributed by atoms with Crippen molar-refractivity contribution < 1.29 is 0 Å². The van der Waals surface area contributed by atoms with E-state index in [1.165, 1.54) is 12.2 Å². The summed E-state index contributed by atoms with van der Waals surface area (Å²) in [6.45, 7) is 6.95. The van der Waals surface area contributed by atoms with Gasteiger partial charge >= 0.3 is 0 Å². The third-order valence-corrected chi connectivity index (χ3v) is 2.89. The van der Waals surface area contributed by atoms with E-state index in [0.29, 0.717) is 5.41 Å². The highest BCUT2D eigenvalue weighted by molar-refractivity contribution is 8.02. The quantitative estimate of drug-likeness (QED) is 0.518. The average Bonchev–Trinajstić information content (AvgIpc) is 1.88. The zero-order chi connectivity index (χ0) is 7.61. The first-order valence-electron chi connectivity index (χ1n) is 3.89. The summed E-state index contributed by atoms with van der Waals surface area (Å²) < 4.78 is 0. The Morgan fingerprint density at radius 2 is 2.10 bits per heavy atom. The molecule has 1 aliphatic rings. The van der Waals surface area contributed by atoms with Gasteiger partial charge in [0.2, 0.25) is 0 Å². The maximum Gasteiger partial charge on any atom is -0.00203 e. The highest BCUT2D eigenvalue weighted by Gasteiger charge is 2.22. The van der Waals surface area contributed by atoms with Crippen molar-refractivity contribution in [3.63, 3.8) is 0 Å². The topological polar surface area (TPSA) is 0 Å². The van der Waals surface area contributed by atoms with Gasteiger partial charge in [-0.25, -0.2) is 0 Å². The van der Waals surface area contributed by atoms with Gasteiger partial charge < -0.3 is 0 Å². The van der Waals surface area contributed by atoms with Crippen LogP contribution < -0.4 is 0 Å². The van der Waals surface area contributed by atoms with Crippen LogP contribution in [0.3, 0.4) is 0 Å². The molecule has 0 aliphatic carbocycles. The summed E-state index contributed by atoms with van der Waals surface area (Å²) in [5.41, 5.74) is 0.470. The minimum Gasteiger partial charge on any atom is -0.134 e. The lowest BCUT2D eigenvalue weighted by molar-refractivity contribution is 0.286. The van der Waals surface area contributed by atoms with Crippen LogP contribution in [0.1, 0.15) is 27.2 Å². The molecule has 10 heavy (non-hydrogen) atoms. The third-order valence-electron chi connectivity index (χ3n) is 2.07. The van der Waals surface area contributed by atoms with Gasteiger partial charge in [0.1, 0.15) is 0 Å². The van der Waals surface area contributed by atoms with Gasteiger partial charge in [0.15, 0.2) is 0 Å². The van der Waals surface area contributed by atoms with Gasteiger partial charge in [0.25, 0.3) is 0 Å². The molecule has 1 heterocycles. The summed E-state index contributed by atoms with van der Waals surface area (Å²) in [6.07, 6.45) is 3.71. The Morgan fingerprint density at radius 3 is 2.40 bits per heavy atom. The van der Waals surface area contributed by atoms with E-state index in [0.717, 1.165) is 5.92 Å². The summed E-state index contributed by atoms with van der Waals surface area (Å²) in [5.74, 6) is 2.10. The van der Waals surface area contributed by atoms with Crippen molar-refractivity contribution in [3.8, 4) is 0 Å². The third kappa shape index (κ3) is 2.05. The number of hydrogen-bond donors (Lipinski definition) is 0. The van der Waals surface area contributed by atoms with Crippen molar-refractivity contribution in [1.82, 2.24) is 0 Å². The second kappa shape index (κ2) is 3.00. The molecule has 0 aromatic rings. The molecular formula is C9H16S. The molecule has 0 nitrogen and oxygen atoms in total. The van der Waals surface area contributed by atoms with Crippen LogP contribution in [0.4, 0.5) is 0 Å². The molecule has 0 saturated heterocycles. The lowest BCUT2D eigenvalue weighted by Crippen LogP contribution is -2.20. The fourth-order valence-electron chi connectivity index (χ4n) is 1.23. The Labute approximate surface area is 68.1 Å². The summed E-state index contributed by atoms with van der Waals surface area (Å²) in [4.78, 5) is 0. The van der Waals surface area contributed by atoms with E-state index >= 15 is 0 Å². The zero-order valence-electron chi connectivity index (χ0n) is 7.05. The second-order valence-corrected chi connectivity index (χ2v) is 4.97. The second-order valence-electron chi connectivity index (χ2n) is 3.96. The molecule has 1 unspecified atom stereocenters. The lowest BCUT2D eigenvalue weighted by atomic mass is 9.79. The van der Waals surface area contributed by atoms with E-state index in [9.17, 15) is 0 Å². The fourth-order valence-corrected chi connectivity index (χ4v) is 2.06. The van der Waals surface area contributed by atoms with Crippen LogP contribution in [0.25, 0.3) is 0 Å². The van der Waals surface area contributed by atoms with Crippen molar-refractivity contribution in [2.75, 3.05) is 5.75 Å². The predicted octanol–water partition coefficient (Wildman–Crippen LogP) is 3.30. The van der Waals surface area contributed by atoms with E-state index in [1.54, 1.807) is 0 Å². The van der Waals surface area contributed by atoms with Gasteiger partial charge in [-0.15, -0.1) is 11.8 Å². The predicted molar refractivity (Wildman–Crippen MR) is 49.2 cm³/mol. The molecule has 0 aromatic heterocycles. The van der Waals surface area contributed by atoms with Crippen molar-refractivity contribution in [3.05, 3.63) is 11.5 Å². The highest BCUT2D eigenvalue weighted by Crippen LogP contribution is 2.34. The van der Waals surface area contributed by atoms with Gasteiger partial charge in [-0.05, 0) is 28.9 Å². The largest absolute Gasteiger partial charge is 0.134 e. The first-order chi connectivity index (χ1) is 4.61. The minimum absolute atomic E-state index is 0.470. The van der Waals surface area contributed by atoms with Gasteiger partial charge in [0.05, 0.1) is 0 Å². The molecule has 0 spiro atoms. The van der Waals surface area contributed by atoms with E-state index < -0.39 is 0 Å². The Bertz CT molecular complexity index is 130. The van der Waals surface area contributed by atoms with Crippen LogP contribution in [-0.4, -0.2) is 5.75 Å². The Balaban J connectivity index is 2.55. The molecule has 58 valence electrons. The summed E-state index contributed by atoms with van der Waals surface area (Å²) in [6, 6.07) is 0. The fraction of sp³-hybridized carbons (Fsp3) is 0.778. The van der Waals surface area contributed by atoms with Gasteiger partial charge in [-0.1, -0.05) is 26.8 Å². The van der Waals surface area contributed by atoms with Crippen LogP contribution >= 0.6 is 11.8 Å². The molecule has 0 bridgehead atoms. The Hall–Kier alpha value is 0.0900. The molecule has 0 radical (unpaired) electrons. The molecule has 0 N–H and O–H groups in total. The van der Waals surface area contributed by atoms with E-state index in [-0.39, 0.29) is 0 Å². The van der Waals surface area contributed by atoms with Gasteiger partial charge in [-0.3, -0.25) is 0 Å². The van der Waals surface area contributed by atoms with Crippen LogP contribution in [0.15, 0.2) is 11.5 Å². The summed E-state index contributed by atoms with van der Waals surface area (Å²) in [7, 11) is 0. The first kappa shape index (κ1) is 8.19. The van der Waals surface area contributed by atoms with E-state index in [1.807, 2.05) is 11.8 Å². The van der Waals surface area contributed by atoms with Crippen LogP contribution in [0, 0.1) is 11.3 Å². The molecule has 1 rings (SSSR count). The highest BCUT2D eigenvalue weighted by atomic mass is 32.2. The minimum atomic E-state index is 0.470. The van der Waals surface area contributed by atoms with Gasteiger partial charge in [0, 0.05) is 0 Å². The molecule has 1 atom stereocenters. The normalized spacial score (nSPS) is 26.9. The van der Waals surface area contributed by atoms with Crippen molar-refractivity contribution in [2.24, 2.45) is 11.3 Å². The molecule has 0 amide bonds. The van der Waals surface area contributed by atoms with Crippen LogP contribution in [-0.2, 0) is 0 Å². The Morgan fingerprint density at radius 1 is 1.40 bits per heavy atom. The SMILES string of the molecule is CC(C)(C)C1C=CSCC1. The molecule has 0 aromatic carbocycles. The maximum absolute atomic E-state index is 2.36. The van der Waals surface area contributed by atoms with E-state index in [4.69, 9.17) is 0 Å². The van der Waals surface area contributed by atoms with Crippen LogP contribution in [0.5, 0.6) is 0 Å². The monoisotopic (exact) mass is 156 g/mol. The van der Waals surface area contributed by atoms with Crippen molar-refractivity contribution in [2.45, 2.75) is 27.2 Å². The average molecular weight is 156 g/mol. The summed E-state index contributed by atoms with van der Waals surface area (Å²) >= 11 is 1.93. The number of thioether (sulfide) groups is 1. The van der Waals surface area contributed by atoms with Gasteiger partial charge in [-0.2, -0.15) is 0 Å². The molecular weight excluding hydrogens is 140 g/mol. The standard InChI is InChI=1S/C9H16S/c1-9(2,3)8-4-6-10-7-5-8/h4,6,8H,5,7H2,1-3H3. The lowest BCUT2D eigenvalue weighted by Gasteiger charge is -2.29.